The second-order valence-corrected chi connectivity index (χ2v) is 7.19. The lowest BCUT2D eigenvalue weighted by Crippen LogP contribution is -2.29. The molecule has 2 heterocycles. The first kappa shape index (κ1) is 16.0. The first-order valence-electron chi connectivity index (χ1n) is 6.96. The van der Waals surface area contributed by atoms with Crippen molar-refractivity contribution in [3.8, 4) is 0 Å². The molecule has 0 saturated carbocycles. The second-order valence-electron chi connectivity index (χ2n) is 5.30. The fourth-order valence-corrected chi connectivity index (χ4v) is 4.43. The number of hydrogen-bond donors (Lipinski definition) is 1. The standard InChI is InChI=1S/C14H14F3N3O2S/c1-2-13-11-7-18-19-12(11)8-20(13)23(21,22)10-5-3-9(4-6-10)14(15,16)17/h3-7,13H,2,8H2,1H3,(H,18,19). The number of H-pyrrole nitrogens is 1. The molecule has 1 aliphatic rings. The molecule has 0 saturated heterocycles. The molecule has 3 rings (SSSR count). The molecular formula is C14H14F3N3O2S. The van der Waals surface area contributed by atoms with Crippen molar-refractivity contribution >= 4 is 10.0 Å². The summed E-state index contributed by atoms with van der Waals surface area (Å²) >= 11 is 0. The summed E-state index contributed by atoms with van der Waals surface area (Å²) in [6, 6.07) is 3.19. The Morgan fingerprint density at radius 1 is 1.30 bits per heavy atom. The zero-order valence-electron chi connectivity index (χ0n) is 12.1. The van der Waals surface area contributed by atoms with E-state index in [1.165, 1.54) is 4.31 Å². The molecule has 1 aromatic heterocycles. The van der Waals surface area contributed by atoms with Gasteiger partial charge in [0.05, 0.1) is 34.9 Å². The van der Waals surface area contributed by atoms with Crippen LogP contribution in [0.4, 0.5) is 13.2 Å². The van der Waals surface area contributed by atoms with Crippen LogP contribution in [-0.2, 0) is 22.7 Å². The number of nitrogens with zero attached hydrogens (tertiary/aromatic N) is 2. The van der Waals surface area contributed by atoms with E-state index in [2.05, 4.69) is 10.2 Å². The van der Waals surface area contributed by atoms with Gasteiger partial charge in [0.15, 0.2) is 0 Å². The molecule has 23 heavy (non-hydrogen) atoms. The van der Waals surface area contributed by atoms with Crippen LogP contribution in [0.25, 0.3) is 0 Å². The van der Waals surface area contributed by atoms with E-state index < -0.39 is 21.8 Å². The number of aromatic amines is 1. The predicted molar refractivity (Wildman–Crippen MR) is 75.8 cm³/mol. The van der Waals surface area contributed by atoms with Gasteiger partial charge in [-0.05, 0) is 30.7 Å². The number of rotatable bonds is 3. The molecule has 1 N–H and O–H groups in total. The van der Waals surface area contributed by atoms with Gasteiger partial charge in [-0.2, -0.15) is 22.6 Å². The maximum Gasteiger partial charge on any atom is 0.416 e. The van der Waals surface area contributed by atoms with Crippen molar-refractivity contribution in [2.24, 2.45) is 0 Å². The maximum absolute atomic E-state index is 12.7. The Bertz CT molecular complexity index is 813. The van der Waals surface area contributed by atoms with E-state index in [0.29, 0.717) is 12.1 Å². The minimum absolute atomic E-state index is 0.136. The van der Waals surface area contributed by atoms with Gasteiger partial charge in [-0.15, -0.1) is 0 Å². The van der Waals surface area contributed by atoms with Gasteiger partial charge in [-0.3, -0.25) is 5.10 Å². The Morgan fingerprint density at radius 3 is 2.52 bits per heavy atom. The molecule has 1 unspecified atom stereocenters. The van der Waals surface area contributed by atoms with Crippen LogP contribution in [0.5, 0.6) is 0 Å². The molecule has 0 spiro atoms. The number of sulfonamides is 1. The van der Waals surface area contributed by atoms with Gasteiger partial charge >= 0.3 is 6.18 Å². The van der Waals surface area contributed by atoms with Gasteiger partial charge in [0, 0.05) is 5.56 Å². The zero-order valence-corrected chi connectivity index (χ0v) is 12.9. The summed E-state index contributed by atoms with van der Waals surface area (Å²) in [5.41, 5.74) is 0.648. The number of nitrogens with one attached hydrogen (secondary N) is 1. The third-order valence-electron chi connectivity index (χ3n) is 3.95. The molecule has 2 aromatic rings. The van der Waals surface area contributed by atoms with Crippen molar-refractivity contribution in [2.75, 3.05) is 0 Å². The van der Waals surface area contributed by atoms with Gasteiger partial charge in [-0.25, -0.2) is 8.42 Å². The Balaban J connectivity index is 1.95. The Hall–Kier alpha value is -1.87. The van der Waals surface area contributed by atoms with E-state index in [0.717, 1.165) is 29.8 Å². The highest BCUT2D eigenvalue weighted by atomic mass is 32.2. The van der Waals surface area contributed by atoms with Crippen LogP contribution in [0.3, 0.4) is 0 Å². The summed E-state index contributed by atoms with van der Waals surface area (Å²) < 4.78 is 64.6. The highest BCUT2D eigenvalue weighted by molar-refractivity contribution is 7.89. The van der Waals surface area contributed by atoms with Crippen molar-refractivity contribution in [2.45, 2.75) is 37.0 Å². The van der Waals surface area contributed by atoms with Crippen LogP contribution in [0.15, 0.2) is 35.4 Å². The second kappa shape index (κ2) is 5.34. The van der Waals surface area contributed by atoms with Gasteiger partial charge in [0.1, 0.15) is 0 Å². The molecule has 124 valence electrons. The first-order chi connectivity index (χ1) is 10.7. The highest BCUT2D eigenvalue weighted by Gasteiger charge is 2.39. The number of hydrogen-bond acceptors (Lipinski definition) is 3. The largest absolute Gasteiger partial charge is 0.416 e. The molecule has 0 radical (unpaired) electrons. The predicted octanol–water partition coefficient (Wildman–Crippen LogP) is 3.08. The van der Waals surface area contributed by atoms with Crippen LogP contribution in [0.1, 0.15) is 36.2 Å². The van der Waals surface area contributed by atoms with Crippen molar-refractivity contribution in [3.63, 3.8) is 0 Å². The van der Waals surface area contributed by atoms with Gasteiger partial charge < -0.3 is 0 Å². The quantitative estimate of drug-likeness (QED) is 0.930. The summed E-state index contributed by atoms with van der Waals surface area (Å²) in [6.07, 6.45) is -2.36. The van der Waals surface area contributed by atoms with Crippen molar-refractivity contribution in [1.29, 1.82) is 0 Å². The Labute approximate surface area is 131 Å². The molecule has 1 atom stereocenters. The molecular weight excluding hydrogens is 331 g/mol. The Kier molecular flexibility index (Phi) is 3.72. The van der Waals surface area contributed by atoms with E-state index in [1.54, 1.807) is 6.20 Å². The van der Waals surface area contributed by atoms with Crippen LogP contribution >= 0.6 is 0 Å². The fourth-order valence-electron chi connectivity index (χ4n) is 2.78. The van der Waals surface area contributed by atoms with Crippen LogP contribution in [0, 0.1) is 0 Å². The zero-order chi connectivity index (χ0) is 16.8. The highest BCUT2D eigenvalue weighted by Crippen LogP contribution is 2.39. The summed E-state index contributed by atoms with van der Waals surface area (Å²) in [5, 5.41) is 6.66. The van der Waals surface area contributed by atoms with E-state index in [4.69, 9.17) is 0 Å². The van der Waals surface area contributed by atoms with Gasteiger partial charge in [0.2, 0.25) is 10.0 Å². The van der Waals surface area contributed by atoms with Crippen molar-refractivity contribution < 1.29 is 21.6 Å². The lowest BCUT2D eigenvalue weighted by Gasteiger charge is -2.23. The summed E-state index contributed by atoms with van der Waals surface area (Å²) in [6.45, 7) is 1.99. The van der Waals surface area contributed by atoms with Crippen LogP contribution in [0.2, 0.25) is 0 Å². The van der Waals surface area contributed by atoms with E-state index >= 15 is 0 Å². The minimum atomic E-state index is -4.50. The number of alkyl halides is 3. The lowest BCUT2D eigenvalue weighted by molar-refractivity contribution is -0.137. The van der Waals surface area contributed by atoms with Gasteiger partial charge in [-0.1, -0.05) is 6.92 Å². The average molecular weight is 345 g/mol. The molecule has 9 heteroatoms. The lowest BCUT2D eigenvalue weighted by atomic mass is 10.1. The SMILES string of the molecule is CCC1c2cn[nH]c2CN1S(=O)(=O)c1ccc(C(F)(F)F)cc1. The minimum Gasteiger partial charge on any atom is -0.281 e. The molecule has 1 aromatic carbocycles. The fraction of sp³-hybridized carbons (Fsp3) is 0.357. The molecule has 0 bridgehead atoms. The maximum atomic E-state index is 12.7. The van der Waals surface area contributed by atoms with Crippen molar-refractivity contribution in [3.05, 3.63) is 47.3 Å². The molecule has 5 nitrogen and oxygen atoms in total. The summed E-state index contributed by atoms with van der Waals surface area (Å²) in [5.74, 6) is 0. The topological polar surface area (TPSA) is 66.1 Å². The van der Waals surface area contributed by atoms with Crippen LogP contribution < -0.4 is 0 Å². The third-order valence-corrected chi connectivity index (χ3v) is 5.82. The molecule has 0 aliphatic carbocycles. The third kappa shape index (κ3) is 2.63. The normalized spacial score (nSPS) is 19.0. The number of aromatic nitrogens is 2. The van der Waals surface area contributed by atoms with E-state index in [9.17, 15) is 21.6 Å². The Morgan fingerprint density at radius 2 is 1.96 bits per heavy atom. The summed E-state index contributed by atoms with van der Waals surface area (Å²) in [4.78, 5) is -0.151. The van der Waals surface area contributed by atoms with E-state index in [1.807, 2.05) is 6.92 Å². The van der Waals surface area contributed by atoms with Crippen molar-refractivity contribution in [1.82, 2.24) is 14.5 Å². The molecule has 1 aliphatic heterocycles. The molecule has 0 fully saturated rings. The smallest absolute Gasteiger partial charge is 0.281 e. The van der Waals surface area contributed by atoms with E-state index in [-0.39, 0.29) is 17.5 Å². The average Bonchev–Trinajstić information content (AvgIpc) is 3.06. The molecule has 0 amide bonds. The number of fused-ring (bicyclic) bond motifs is 1. The van der Waals surface area contributed by atoms with Crippen LogP contribution in [-0.4, -0.2) is 22.9 Å². The van der Waals surface area contributed by atoms with Gasteiger partial charge in [0.25, 0.3) is 0 Å². The first-order valence-corrected chi connectivity index (χ1v) is 8.40. The monoisotopic (exact) mass is 345 g/mol. The number of halogens is 3. The number of benzene rings is 1. The summed E-state index contributed by atoms with van der Waals surface area (Å²) in [7, 11) is -3.88.